The molecule has 4 aromatic heterocycles. The van der Waals surface area contributed by atoms with Gasteiger partial charge in [0.15, 0.2) is 0 Å². The Hall–Kier alpha value is -11.6. The van der Waals surface area contributed by atoms with Crippen LogP contribution in [-0.4, -0.2) is 162 Å². The first kappa shape index (κ1) is 81.4. The number of amides is 3. The Balaban J connectivity index is 0.000000150. The van der Waals surface area contributed by atoms with Gasteiger partial charge in [-0.3, -0.25) is 28.8 Å². The number of carbonyl (C=O) groups is 6. The van der Waals surface area contributed by atoms with Crippen LogP contribution in [0.1, 0.15) is 98.9 Å². The van der Waals surface area contributed by atoms with Crippen molar-refractivity contribution in [3.63, 3.8) is 0 Å². The number of thiophene rings is 1. The molecule has 0 N–H and O–H groups in total. The van der Waals surface area contributed by atoms with Gasteiger partial charge in [0.1, 0.15) is 22.5 Å². The number of hydrogen-bond acceptors (Lipinski definition) is 16. The largest absolute Gasteiger partial charge is 0.462 e. The van der Waals surface area contributed by atoms with E-state index in [9.17, 15) is 47.5 Å². The smallest absolute Gasteiger partial charge is 0.345 e. The average Bonchev–Trinajstić information content (AvgIpc) is 0.927. The number of ether oxygens (including phenoxy) is 3. The number of esters is 3. The van der Waals surface area contributed by atoms with Crippen molar-refractivity contribution in [2.24, 2.45) is 0 Å². The van der Waals surface area contributed by atoms with Gasteiger partial charge < -0.3 is 57.3 Å². The van der Waals surface area contributed by atoms with Gasteiger partial charge in [-0.2, -0.15) is 0 Å². The lowest BCUT2D eigenvalue weighted by atomic mass is 10.0. The van der Waals surface area contributed by atoms with Crippen molar-refractivity contribution >= 4 is 143 Å². The van der Waals surface area contributed by atoms with Gasteiger partial charge in [-0.25, -0.2) is 18.8 Å². The van der Waals surface area contributed by atoms with Crippen LogP contribution < -0.4 is 31.4 Å². The number of pyridine rings is 3. The zero-order valence-corrected chi connectivity index (χ0v) is 67.0. The van der Waals surface area contributed by atoms with Gasteiger partial charge in [0.2, 0.25) is 0 Å². The quantitative estimate of drug-likeness (QED) is 0.0577. The highest BCUT2D eigenvalue weighted by atomic mass is 35.5. The van der Waals surface area contributed by atoms with Crippen LogP contribution in [0.2, 0.25) is 20.1 Å². The first-order valence-electron chi connectivity index (χ1n) is 37.6. The summed E-state index contributed by atoms with van der Waals surface area (Å²) in [6.07, 6.45) is 0. The van der Waals surface area contributed by atoms with Crippen molar-refractivity contribution in [3.05, 3.63) is 318 Å². The lowest BCUT2D eigenvalue weighted by molar-refractivity contribution is 0.0514. The molecule has 21 nitrogen and oxygen atoms in total. The van der Waals surface area contributed by atoms with Crippen LogP contribution in [-0.2, 0) is 33.8 Å². The molecule has 3 aliphatic heterocycles. The normalized spacial score (nSPS) is 13.6. The van der Waals surface area contributed by atoms with E-state index in [1.54, 1.807) is 122 Å². The zero-order valence-electron chi connectivity index (χ0n) is 63.2. The van der Waals surface area contributed by atoms with E-state index in [1.165, 1.54) is 35.6 Å². The minimum Gasteiger partial charge on any atom is -0.462 e. The molecule has 27 heteroatoms. The van der Waals surface area contributed by atoms with Crippen molar-refractivity contribution in [1.29, 1.82) is 0 Å². The number of carbonyl (C=O) groups excluding carboxylic acids is 6. The molecule has 15 rings (SSSR count). The van der Waals surface area contributed by atoms with Gasteiger partial charge in [0.05, 0.1) is 77.9 Å². The molecule has 3 aliphatic rings. The number of fused-ring (bicyclic) bond motifs is 3. The summed E-state index contributed by atoms with van der Waals surface area (Å²) < 4.78 is 34.2. The van der Waals surface area contributed by atoms with E-state index in [0.29, 0.717) is 171 Å². The molecule has 0 bridgehead atoms. The molecule has 12 aromatic rings. The molecule has 0 saturated carbocycles. The number of benzene rings is 8. The van der Waals surface area contributed by atoms with Gasteiger partial charge in [-0.15, -0.1) is 11.3 Å². The molecule has 0 atom stereocenters. The Bertz CT molecular complexity index is 5540. The van der Waals surface area contributed by atoms with Crippen molar-refractivity contribution < 1.29 is 47.4 Å². The molecule has 115 heavy (non-hydrogen) atoms. The summed E-state index contributed by atoms with van der Waals surface area (Å²) in [5, 5.41) is 5.93. The van der Waals surface area contributed by atoms with Gasteiger partial charge in [0, 0.05) is 126 Å². The van der Waals surface area contributed by atoms with Crippen LogP contribution in [0, 0.1) is 5.82 Å². The third-order valence-corrected chi connectivity index (χ3v) is 22.0. The summed E-state index contributed by atoms with van der Waals surface area (Å²) in [7, 11) is 0. The van der Waals surface area contributed by atoms with Gasteiger partial charge in [-0.05, 0) is 152 Å². The molecule has 3 fully saturated rings. The highest BCUT2D eigenvalue weighted by Crippen LogP contribution is 2.37. The molecule has 0 unspecified atom stereocenters. The molecular weight excluding hydrogens is 1570 g/mol. The summed E-state index contributed by atoms with van der Waals surface area (Å²) in [5.74, 6) is -2.76. The molecule has 3 amide bonds. The maximum Gasteiger partial charge on any atom is 0.345 e. The van der Waals surface area contributed by atoms with Crippen molar-refractivity contribution in [1.82, 2.24) is 28.4 Å². The second-order valence-corrected chi connectivity index (χ2v) is 30.0. The first-order chi connectivity index (χ1) is 55.7. The SMILES string of the molecule is CCOC(=O)c1c(N2CCN(C(=O)c3ccc(Cl)cc3)CC2)c2cc(Cl)ccc2n(Cc2ccccc2)c1=O.CCOC(=O)c1c(N2CCN(C(=O)c3ccc(F)cc3)CC2)c2cc(Cl)ccc2n(Cc2ccccc2)c1=O.CCOC(=O)c1c(N2CCN(C(=O)c3cccs3)CC2)c2cc(Cl)ccc2n(Cc2ccccc2)c1=O. The van der Waals surface area contributed by atoms with E-state index < -0.39 is 40.4 Å². The predicted octanol–water partition coefficient (Wildman–Crippen LogP) is 15.4. The van der Waals surface area contributed by atoms with Gasteiger partial charge in [0.25, 0.3) is 34.4 Å². The Morgan fingerprint density at radius 1 is 0.357 bits per heavy atom. The summed E-state index contributed by atoms with van der Waals surface area (Å²) >= 11 is 26.7. The van der Waals surface area contributed by atoms with E-state index in [0.717, 1.165) is 16.7 Å². The number of rotatable bonds is 18. The van der Waals surface area contributed by atoms with Crippen LogP contribution in [0.3, 0.4) is 0 Å². The summed E-state index contributed by atoms with van der Waals surface area (Å²) in [6, 6.07) is 60.6. The number of piperazine rings is 3. The summed E-state index contributed by atoms with van der Waals surface area (Å²) in [4.78, 5) is 132. The predicted molar refractivity (Wildman–Crippen MR) is 451 cm³/mol. The number of anilines is 3. The van der Waals surface area contributed by atoms with Crippen molar-refractivity contribution in [3.8, 4) is 0 Å². The van der Waals surface area contributed by atoms with E-state index in [-0.39, 0.29) is 67.3 Å². The Kier molecular flexibility index (Phi) is 26.3. The second kappa shape index (κ2) is 37.1. The lowest BCUT2D eigenvalue weighted by Crippen LogP contribution is -2.49. The highest BCUT2D eigenvalue weighted by Gasteiger charge is 2.35. The van der Waals surface area contributed by atoms with Crippen LogP contribution in [0.15, 0.2) is 226 Å². The maximum atomic E-state index is 14.0. The van der Waals surface area contributed by atoms with Gasteiger partial charge >= 0.3 is 17.9 Å². The van der Waals surface area contributed by atoms with Crippen molar-refractivity contribution in [2.45, 2.75) is 40.4 Å². The topological polar surface area (TPSA) is 216 Å². The fraction of sp³-hybridized carbons (Fsp3) is 0.239. The molecule has 7 heterocycles. The molecule has 8 aromatic carbocycles. The van der Waals surface area contributed by atoms with E-state index in [4.69, 9.17) is 60.6 Å². The van der Waals surface area contributed by atoms with Gasteiger partial charge in [-0.1, -0.05) is 143 Å². The fourth-order valence-electron chi connectivity index (χ4n) is 14.7. The standard InChI is InChI=1S/C30H27Cl2N3O4.C30H27ClFN3O4.C28H26ClN3O4S/c1-2-39-30(38)26-27(33-14-16-34(17-15-33)28(36)21-8-10-22(31)11-9-21)24-18-23(32)12-13-25(24)35(29(26)37)19-20-6-4-3-5-7-20;1-2-39-30(38)26-27(33-14-16-34(17-15-33)28(36)21-8-11-23(32)12-9-21)24-18-22(31)10-13-25(24)35(29(26)37)19-20-6-4-3-5-7-20;1-2-36-28(35)24-25(30-12-14-31(15-13-30)26(33)23-9-6-16-37-23)21-17-20(29)10-11-22(21)32(27(24)34)18-19-7-4-3-5-8-19/h2*3-13,18H,2,14-17,19H2,1H3;3-11,16-17H,2,12-15,18H2,1H3. The molecule has 0 spiro atoms. The monoisotopic (exact) mass is 1650 g/mol. The second-order valence-electron chi connectivity index (χ2n) is 27.3. The van der Waals surface area contributed by atoms with Crippen LogP contribution in [0.5, 0.6) is 0 Å². The highest BCUT2D eigenvalue weighted by molar-refractivity contribution is 7.12. The maximum absolute atomic E-state index is 14.0. The third-order valence-electron chi connectivity index (χ3n) is 20.2. The molecule has 0 aliphatic carbocycles. The van der Waals surface area contributed by atoms with Crippen molar-refractivity contribution in [2.75, 3.05) is 113 Å². The number of aromatic nitrogens is 3. The van der Waals surface area contributed by atoms with Crippen LogP contribution in [0.4, 0.5) is 21.5 Å². The fourth-order valence-corrected chi connectivity index (χ4v) is 16.0. The summed E-state index contributed by atoms with van der Waals surface area (Å²) in [6.45, 7) is 11.4. The van der Waals surface area contributed by atoms with Crippen LogP contribution in [0.25, 0.3) is 32.7 Å². The minimum absolute atomic E-state index is 0.00792. The average molecular weight is 1650 g/mol. The van der Waals surface area contributed by atoms with E-state index in [2.05, 4.69) is 0 Å². The Morgan fingerprint density at radius 3 is 0.948 bits per heavy atom. The molecule has 3 saturated heterocycles. The number of hydrogen-bond donors (Lipinski definition) is 0. The third kappa shape index (κ3) is 18.3. The lowest BCUT2D eigenvalue weighted by Gasteiger charge is -2.37. The minimum atomic E-state index is -0.703. The molecule has 0 radical (unpaired) electrons. The van der Waals surface area contributed by atoms with Crippen LogP contribution >= 0.6 is 57.7 Å². The molecule has 590 valence electrons. The summed E-state index contributed by atoms with van der Waals surface area (Å²) in [5.41, 5.74) is 5.77. The number of halogens is 5. The first-order valence-corrected chi connectivity index (χ1v) is 40.0. The van der Waals surface area contributed by atoms with E-state index in [1.807, 2.05) is 129 Å². The number of nitrogens with zero attached hydrogens (tertiary/aromatic N) is 9. The molecular formula is C88H80Cl4FN9O12S. The van der Waals surface area contributed by atoms with E-state index >= 15 is 0 Å². The zero-order chi connectivity index (χ0) is 81.0. The Labute approximate surface area is 685 Å². The Morgan fingerprint density at radius 2 is 0.652 bits per heavy atom.